The minimum Gasteiger partial charge on any atom is -0.466 e. The zero-order valence-electron chi connectivity index (χ0n) is 10.3. The van der Waals surface area contributed by atoms with Crippen LogP contribution in [0.2, 0.25) is 0 Å². The average Bonchev–Trinajstić information content (AvgIpc) is 2.22. The fraction of sp³-hybridized carbons (Fsp3) is 0.909. The van der Waals surface area contributed by atoms with Crippen LogP contribution in [0.3, 0.4) is 0 Å². The van der Waals surface area contributed by atoms with E-state index in [1.807, 2.05) is 14.0 Å². The molecule has 0 aromatic rings. The van der Waals surface area contributed by atoms with Crippen LogP contribution in [0.15, 0.2) is 0 Å². The van der Waals surface area contributed by atoms with Crippen LogP contribution >= 0.6 is 0 Å². The maximum atomic E-state index is 11.1. The zero-order chi connectivity index (χ0) is 11.7. The Kier molecular flexibility index (Phi) is 8.33. The number of methoxy groups -OCH3 is 1. The van der Waals surface area contributed by atoms with Gasteiger partial charge in [-0.2, -0.15) is 0 Å². The monoisotopic (exact) mass is 217 g/mol. The van der Waals surface area contributed by atoms with Gasteiger partial charge in [0.25, 0.3) is 0 Å². The van der Waals surface area contributed by atoms with Gasteiger partial charge in [-0.3, -0.25) is 4.79 Å². The van der Waals surface area contributed by atoms with E-state index in [2.05, 4.69) is 11.8 Å². The van der Waals surface area contributed by atoms with E-state index in [1.54, 1.807) is 7.11 Å². The first-order valence-corrected chi connectivity index (χ1v) is 5.46. The third-order valence-electron chi connectivity index (χ3n) is 2.47. The molecule has 4 heteroatoms. The summed E-state index contributed by atoms with van der Waals surface area (Å²) in [5.41, 5.74) is 0. The van der Waals surface area contributed by atoms with Crippen molar-refractivity contribution in [2.45, 2.75) is 32.7 Å². The summed E-state index contributed by atoms with van der Waals surface area (Å²) in [6, 6.07) is 0.430. The third-order valence-corrected chi connectivity index (χ3v) is 2.47. The maximum Gasteiger partial charge on any atom is 0.307 e. The van der Waals surface area contributed by atoms with Gasteiger partial charge in [-0.15, -0.1) is 0 Å². The largest absolute Gasteiger partial charge is 0.466 e. The molecule has 4 nitrogen and oxygen atoms in total. The molecule has 0 saturated heterocycles. The molecular weight excluding hydrogens is 194 g/mol. The molecular formula is C11H23NO3. The zero-order valence-corrected chi connectivity index (χ0v) is 10.3. The third kappa shape index (κ3) is 7.33. The summed E-state index contributed by atoms with van der Waals surface area (Å²) < 4.78 is 9.87. The molecule has 0 fully saturated rings. The standard InChI is InChI=1S/C11H23NO3/c1-5-15-11(13)6-8-12(3)10(2)7-9-14-4/h10H,5-9H2,1-4H3. The molecule has 0 aromatic heterocycles. The fourth-order valence-electron chi connectivity index (χ4n) is 1.23. The molecule has 0 aliphatic heterocycles. The molecule has 0 saturated carbocycles. The molecule has 0 rings (SSSR count). The molecule has 0 radical (unpaired) electrons. The van der Waals surface area contributed by atoms with Crippen molar-refractivity contribution in [2.75, 3.05) is 33.9 Å². The number of carbonyl (C=O) groups is 1. The highest BCUT2D eigenvalue weighted by atomic mass is 16.5. The van der Waals surface area contributed by atoms with E-state index in [4.69, 9.17) is 9.47 Å². The summed E-state index contributed by atoms with van der Waals surface area (Å²) in [6.07, 6.45) is 1.44. The lowest BCUT2D eigenvalue weighted by molar-refractivity contribution is -0.143. The molecule has 0 aliphatic rings. The van der Waals surface area contributed by atoms with E-state index in [0.29, 0.717) is 19.1 Å². The highest BCUT2D eigenvalue weighted by Crippen LogP contribution is 2.02. The highest BCUT2D eigenvalue weighted by molar-refractivity contribution is 5.69. The first kappa shape index (κ1) is 14.4. The number of hydrogen-bond donors (Lipinski definition) is 0. The summed E-state index contributed by atoms with van der Waals surface area (Å²) >= 11 is 0. The summed E-state index contributed by atoms with van der Waals surface area (Å²) in [4.78, 5) is 13.3. The van der Waals surface area contributed by atoms with Crippen LogP contribution in [0.5, 0.6) is 0 Å². The quantitative estimate of drug-likeness (QED) is 0.574. The molecule has 1 atom stereocenters. The number of nitrogens with zero attached hydrogens (tertiary/aromatic N) is 1. The van der Waals surface area contributed by atoms with Crippen LogP contribution in [0, 0.1) is 0 Å². The molecule has 15 heavy (non-hydrogen) atoms. The molecule has 0 spiro atoms. The topological polar surface area (TPSA) is 38.8 Å². The predicted molar refractivity (Wildman–Crippen MR) is 59.8 cm³/mol. The van der Waals surface area contributed by atoms with Gasteiger partial charge in [-0.05, 0) is 27.3 Å². The molecule has 1 unspecified atom stereocenters. The second-order valence-electron chi connectivity index (χ2n) is 3.67. The fourth-order valence-corrected chi connectivity index (χ4v) is 1.23. The highest BCUT2D eigenvalue weighted by Gasteiger charge is 2.10. The molecule has 90 valence electrons. The summed E-state index contributed by atoms with van der Waals surface area (Å²) in [7, 11) is 3.71. The van der Waals surface area contributed by atoms with Crippen LogP contribution in [0.1, 0.15) is 26.7 Å². The molecule has 0 aliphatic carbocycles. The van der Waals surface area contributed by atoms with Crippen molar-refractivity contribution in [2.24, 2.45) is 0 Å². The Labute approximate surface area is 92.5 Å². The lowest BCUT2D eigenvalue weighted by Gasteiger charge is -2.23. The maximum absolute atomic E-state index is 11.1. The Morgan fingerprint density at radius 1 is 1.47 bits per heavy atom. The number of hydrogen-bond acceptors (Lipinski definition) is 4. The van der Waals surface area contributed by atoms with E-state index in [0.717, 1.165) is 19.6 Å². The lowest BCUT2D eigenvalue weighted by Crippen LogP contribution is -2.32. The van der Waals surface area contributed by atoms with Gasteiger partial charge < -0.3 is 14.4 Å². The predicted octanol–water partition coefficient (Wildman–Crippen LogP) is 1.30. The molecule has 0 bridgehead atoms. The van der Waals surface area contributed by atoms with Gasteiger partial charge in [0.1, 0.15) is 0 Å². The van der Waals surface area contributed by atoms with Gasteiger partial charge in [0.2, 0.25) is 0 Å². The van der Waals surface area contributed by atoms with Crippen molar-refractivity contribution in [3.05, 3.63) is 0 Å². The Bertz CT molecular complexity index is 173. The van der Waals surface area contributed by atoms with Gasteiger partial charge in [0, 0.05) is 26.3 Å². The van der Waals surface area contributed by atoms with Crippen LogP contribution in [0.4, 0.5) is 0 Å². The Morgan fingerprint density at radius 2 is 2.13 bits per heavy atom. The van der Waals surface area contributed by atoms with Crippen molar-refractivity contribution in [3.63, 3.8) is 0 Å². The molecule has 0 aromatic carbocycles. The molecule has 0 N–H and O–H groups in total. The van der Waals surface area contributed by atoms with E-state index in [-0.39, 0.29) is 5.97 Å². The van der Waals surface area contributed by atoms with Gasteiger partial charge in [0.15, 0.2) is 0 Å². The van der Waals surface area contributed by atoms with Crippen LogP contribution in [-0.4, -0.2) is 50.8 Å². The SMILES string of the molecule is CCOC(=O)CCN(C)C(C)CCOC. The first-order chi connectivity index (χ1) is 7.11. The minimum absolute atomic E-state index is 0.122. The van der Waals surface area contributed by atoms with Crippen molar-refractivity contribution in [1.82, 2.24) is 4.90 Å². The number of ether oxygens (including phenoxy) is 2. The van der Waals surface area contributed by atoms with Crippen molar-refractivity contribution < 1.29 is 14.3 Å². The summed E-state index contributed by atoms with van der Waals surface area (Å²) in [5.74, 6) is -0.122. The van der Waals surface area contributed by atoms with E-state index in [9.17, 15) is 4.79 Å². The minimum atomic E-state index is -0.122. The number of carbonyl (C=O) groups excluding carboxylic acids is 1. The summed E-state index contributed by atoms with van der Waals surface area (Å²) in [5, 5.41) is 0. The number of esters is 1. The van der Waals surface area contributed by atoms with E-state index >= 15 is 0 Å². The smallest absolute Gasteiger partial charge is 0.307 e. The van der Waals surface area contributed by atoms with Gasteiger partial charge in [-0.1, -0.05) is 0 Å². The van der Waals surface area contributed by atoms with Crippen molar-refractivity contribution in [3.8, 4) is 0 Å². The van der Waals surface area contributed by atoms with Gasteiger partial charge in [-0.25, -0.2) is 0 Å². The normalized spacial score (nSPS) is 12.9. The van der Waals surface area contributed by atoms with E-state index < -0.39 is 0 Å². The molecule has 0 amide bonds. The van der Waals surface area contributed by atoms with Crippen LogP contribution in [-0.2, 0) is 14.3 Å². The van der Waals surface area contributed by atoms with Gasteiger partial charge in [0.05, 0.1) is 13.0 Å². The van der Waals surface area contributed by atoms with Crippen molar-refractivity contribution >= 4 is 5.97 Å². The molecule has 0 heterocycles. The van der Waals surface area contributed by atoms with Crippen LogP contribution in [0.25, 0.3) is 0 Å². The Morgan fingerprint density at radius 3 is 2.67 bits per heavy atom. The van der Waals surface area contributed by atoms with Gasteiger partial charge >= 0.3 is 5.97 Å². The second kappa shape index (κ2) is 8.68. The van der Waals surface area contributed by atoms with Crippen molar-refractivity contribution in [1.29, 1.82) is 0 Å². The Balaban J connectivity index is 3.62. The average molecular weight is 217 g/mol. The van der Waals surface area contributed by atoms with Crippen LogP contribution < -0.4 is 0 Å². The first-order valence-electron chi connectivity index (χ1n) is 5.46. The lowest BCUT2D eigenvalue weighted by atomic mass is 10.2. The number of rotatable bonds is 8. The summed E-state index contributed by atoms with van der Waals surface area (Å²) in [6.45, 7) is 5.91. The second-order valence-corrected chi connectivity index (χ2v) is 3.67. The Hall–Kier alpha value is -0.610. The van der Waals surface area contributed by atoms with E-state index in [1.165, 1.54) is 0 Å².